The summed E-state index contributed by atoms with van der Waals surface area (Å²) in [6.45, 7) is 0. The van der Waals surface area contributed by atoms with E-state index in [4.69, 9.17) is 16.3 Å². The van der Waals surface area contributed by atoms with Crippen molar-refractivity contribution in [1.29, 1.82) is 0 Å². The minimum absolute atomic E-state index is 0.185. The lowest BCUT2D eigenvalue weighted by Gasteiger charge is -2.15. The van der Waals surface area contributed by atoms with Crippen molar-refractivity contribution >= 4 is 45.8 Å². The van der Waals surface area contributed by atoms with Crippen LogP contribution in [0.15, 0.2) is 60.7 Å². The van der Waals surface area contributed by atoms with E-state index >= 15 is 0 Å². The molecule has 0 N–H and O–H groups in total. The molecule has 0 aromatic heterocycles. The van der Waals surface area contributed by atoms with E-state index in [0.717, 1.165) is 15.7 Å². The summed E-state index contributed by atoms with van der Waals surface area (Å²) >= 11 is 6.19. The third-order valence-corrected chi connectivity index (χ3v) is 4.75. The highest BCUT2D eigenvalue weighted by atomic mass is 35.5. The summed E-state index contributed by atoms with van der Waals surface area (Å²) in [6.07, 6.45) is 0.370. The minimum atomic E-state index is -0.580. The first kappa shape index (κ1) is 17.2. The third kappa shape index (κ3) is 3.17. The quantitative estimate of drug-likeness (QED) is 0.385. The summed E-state index contributed by atoms with van der Waals surface area (Å²) in [5.41, 5.74) is 0.622. The van der Waals surface area contributed by atoms with Gasteiger partial charge < -0.3 is 4.74 Å². The molecule has 0 bridgehead atoms. The first-order chi connectivity index (χ1) is 13.0. The van der Waals surface area contributed by atoms with E-state index < -0.39 is 5.97 Å². The van der Waals surface area contributed by atoms with Crippen LogP contribution in [0.3, 0.4) is 0 Å². The van der Waals surface area contributed by atoms with E-state index in [2.05, 4.69) is 0 Å². The number of benzene rings is 3. The monoisotopic (exact) mass is 379 g/mol. The number of hydrogen-bond donors (Lipinski definition) is 0. The van der Waals surface area contributed by atoms with Gasteiger partial charge in [0, 0.05) is 28.6 Å². The van der Waals surface area contributed by atoms with Crippen molar-refractivity contribution in [1.82, 2.24) is 0 Å². The lowest BCUT2D eigenvalue weighted by molar-refractivity contribution is -0.121. The van der Waals surface area contributed by atoms with Gasteiger partial charge in [-0.25, -0.2) is 4.79 Å². The Labute approximate surface area is 160 Å². The highest BCUT2D eigenvalue weighted by Gasteiger charge is 2.30. The number of esters is 1. The number of carbonyl (C=O) groups is 3. The molecule has 1 fully saturated rings. The molecule has 134 valence electrons. The number of amides is 2. The molecule has 0 atom stereocenters. The van der Waals surface area contributed by atoms with Gasteiger partial charge in [0.25, 0.3) is 0 Å². The molecule has 5 nitrogen and oxygen atoms in total. The van der Waals surface area contributed by atoms with Crippen LogP contribution in [0.4, 0.5) is 5.69 Å². The molecule has 1 aliphatic rings. The number of nitrogens with zero attached hydrogens (tertiary/aromatic N) is 1. The number of imide groups is 1. The zero-order valence-corrected chi connectivity index (χ0v) is 14.9. The summed E-state index contributed by atoms with van der Waals surface area (Å²) in [4.78, 5) is 37.6. The Kier molecular flexibility index (Phi) is 4.38. The molecule has 3 aromatic rings. The minimum Gasteiger partial charge on any atom is -0.422 e. The van der Waals surface area contributed by atoms with Crippen LogP contribution in [-0.4, -0.2) is 17.8 Å². The van der Waals surface area contributed by atoms with E-state index in [9.17, 15) is 14.4 Å². The van der Waals surface area contributed by atoms with E-state index in [1.54, 1.807) is 30.3 Å². The van der Waals surface area contributed by atoms with Gasteiger partial charge >= 0.3 is 5.97 Å². The highest BCUT2D eigenvalue weighted by Crippen LogP contribution is 2.32. The normalized spacial score (nSPS) is 14.0. The number of anilines is 1. The molecule has 0 aliphatic carbocycles. The number of hydrogen-bond acceptors (Lipinski definition) is 4. The molecule has 1 heterocycles. The largest absolute Gasteiger partial charge is 0.422 e. The van der Waals surface area contributed by atoms with Crippen molar-refractivity contribution in [2.24, 2.45) is 0 Å². The number of fused-ring (bicyclic) bond motifs is 1. The van der Waals surface area contributed by atoms with Crippen molar-refractivity contribution in [2.45, 2.75) is 12.8 Å². The Bertz CT molecular complexity index is 1080. The molecule has 3 aromatic carbocycles. The van der Waals surface area contributed by atoms with Gasteiger partial charge in [-0.05, 0) is 30.3 Å². The average molecular weight is 380 g/mol. The predicted octanol–water partition coefficient (Wildman–Crippen LogP) is 4.37. The Morgan fingerprint density at radius 1 is 0.889 bits per heavy atom. The van der Waals surface area contributed by atoms with Crippen molar-refractivity contribution < 1.29 is 19.1 Å². The first-order valence-electron chi connectivity index (χ1n) is 8.40. The molecule has 0 unspecified atom stereocenters. The van der Waals surface area contributed by atoms with E-state index in [1.807, 2.05) is 24.3 Å². The van der Waals surface area contributed by atoms with Crippen LogP contribution in [0.25, 0.3) is 10.8 Å². The van der Waals surface area contributed by atoms with Gasteiger partial charge in [0.15, 0.2) is 0 Å². The van der Waals surface area contributed by atoms with E-state index in [-0.39, 0.29) is 30.2 Å². The molecular weight excluding hydrogens is 366 g/mol. The summed E-state index contributed by atoms with van der Waals surface area (Å²) in [7, 11) is 0. The van der Waals surface area contributed by atoms with E-state index in [0.29, 0.717) is 16.5 Å². The Morgan fingerprint density at radius 3 is 2.33 bits per heavy atom. The van der Waals surface area contributed by atoms with Crippen molar-refractivity contribution in [3.8, 4) is 5.75 Å². The molecule has 4 rings (SSSR count). The molecule has 2 amide bonds. The molecule has 0 spiro atoms. The second-order valence-corrected chi connectivity index (χ2v) is 6.56. The number of halogens is 1. The van der Waals surface area contributed by atoms with Crippen molar-refractivity contribution in [2.75, 3.05) is 4.90 Å². The molecule has 1 aliphatic heterocycles. The molecule has 6 heteroatoms. The van der Waals surface area contributed by atoms with Crippen LogP contribution in [-0.2, 0) is 9.59 Å². The Hall–Kier alpha value is -3.18. The van der Waals surface area contributed by atoms with Gasteiger partial charge in [-0.15, -0.1) is 0 Å². The van der Waals surface area contributed by atoms with Crippen molar-refractivity contribution in [3.63, 3.8) is 0 Å². The Morgan fingerprint density at radius 2 is 1.59 bits per heavy atom. The average Bonchev–Trinajstić information content (AvgIpc) is 3.02. The second kappa shape index (κ2) is 6.85. The van der Waals surface area contributed by atoms with Crippen LogP contribution in [0.1, 0.15) is 23.2 Å². The topological polar surface area (TPSA) is 63.7 Å². The fourth-order valence-electron chi connectivity index (χ4n) is 3.12. The summed E-state index contributed by atoms with van der Waals surface area (Å²) < 4.78 is 5.55. The standard InChI is InChI=1S/C21H14ClNO4/c22-17-8-9-18(16-7-2-1-6-15(16)17)27-21(26)13-4-3-5-14(12-13)23-19(24)10-11-20(23)25/h1-9,12H,10-11H2. The van der Waals surface area contributed by atoms with Crippen molar-refractivity contribution in [3.05, 3.63) is 71.2 Å². The zero-order valence-electron chi connectivity index (χ0n) is 14.1. The highest BCUT2D eigenvalue weighted by molar-refractivity contribution is 6.35. The smallest absolute Gasteiger partial charge is 0.343 e. The molecule has 27 heavy (non-hydrogen) atoms. The van der Waals surface area contributed by atoms with Crippen LogP contribution < -0.4 is 9.64 Å². The SMILES string of the molecule is O=C(Oc1ccc(Cl)c2ccccc12)c1cccc(N2C(=O)CCC2=O)c1. The molecule has 0 saturated carbocycles. The fourth-order valence-corrected chi connectivity index (χ4v) is 3.35. The van der Waals surface area contributed by atoms with Gasteiger partial charge in [0.05, 0.1) is 11.3 Å². The third-order valence-electron chi connectivity index (χ3n) is 4.43. The van der Waals surface area contributed by atoms with Crippen LogP contribution in [0, 0.1) is 0 Å². The van der Waals surface area contributed by atoms with E-state index in [1.165, 1.54) is 6.07 Å². The molecule has 1 saturated heterocycles. The number of ether oxygens (including phenoxy) is 1. The van der Waals surface area contributed by atoms with Crippen LogP contribution in [0.2, 0.25) is 5.02 Å². The van der Waals surface area contributed by atoms with Gasteiger partial charge in [-0.2, -0.15) is 0 Å². The maximum absolute atomic E-state index is 12.6. The summed E-state index contributed by atoms with van der Waals surface area (Å²) in [5.74, 6) is -0.731. The maximum Gasteiger partial charge on any atom is 0.343 e. The van der Waals surface area contributed by atoms with Gasteiger partial charge in [-0.1, -0.05) is 41.9 Å². The van der Waals surface area contributed by atoms with Crippen LogP contribution >= 0.6 is 11.6 Å². The number of rotatable bonds is 3. The summed E-state index contributed by atoms with van der Waals surface area (Å²) in [6, 6.07) is 17.0. The second-order valence-electron chi connectivity index (χ2n) is 6.15. The molecular formula is C21H14ClNO4. The maximum atomic E-state index is 12.6. The lowest BCUT2D eigenvalue weighted by Crippen LogP contribution is -2.28. The number of carbonyl (C=O) groups excluding carboxylic acids is 3. The van der Waals surface area contributed by atoms with Gasteiger partial charge in [0.2, 0.25) is 11.8 Å². The lowest BCUT2D eigenvalue weighted by atomic mass is 10.1. The van der Waals surface area contributed by atoms with Crippen LogP contribution in [0.5, 0.6) is 5.75 Å². The predicted molar refractivity (Wildman–Crippen MR) is 102 cm³/mol. The molecule has 0 radical (unpaired) electrons. The van der Waals surface area contributed by atoms with Gasteiger partial charge in [-0.3, -0.25) is 14.5 Å². The zero-order chi connectivity index (χ0) is 19.0. The first-order valence-corrected chi connectivity index (χ1v) is 8.77. The Balaban J connectivity index is 1.65. The fraction of sp³-hybridized carbons (Fsp3) is 0.0952. The van der Waals surface area contributed by atoms with Gasteiger partial charge in [0.1, 0.15) is 5.75 Å². The summed E-state index contributed by atoms with van der Waals surface area (Å²) in [5, 5.41) is 2.07.